The molecule has 0 aliphatic carbocycles. The summed E-state index contributed by atoms with van der Waals surface area (Å²) in [6, 6.07) is 4.62. The SMILES string of the molecule is CNC(CCN(C)Cc1ccc(C)o1)C(C)(C)C. The highest BCUT2D eigenvalue weighted by molar-refractivity contribution is 5.05. The van der Waals surface area contributed by atoms with Crippen LogP contribution in [0.2, 0.25) is 0 Å². The van der Waals surface area contributed by atoms with Crippen LogP contribution in [0, 0.1) is 12.3 Å². The summed E-state index contributed by atoms with van der Waals surface area (Å²) in [6.45, 7) is 10.8. The molecular weight excluding hydrogens is 224 g/mol. The average molecular weight is 252 g/mol. The number of furan rings is 1. The van der Waals surface area contributed by atoms with Crippen molar-refractivity contribution in [1.82, 2.24) is 10.2 Å². The minimum atomic E-state index is 0.302. The minimum absolute atomic E-state index is 0.302. The summed E-state index contributed by atoms with van der Waals surface area (Å²) in [6.07, 6.45) is 1.15. The summed E-state index contributed by atoms with van der Waals surface area (Å²) in [4.78, 5) is 2.31. The fourth-order valence-electron chi connectivity index (χ4n) is 2.28. The highest BCUT2D eigenvalue weighted by atomic mass is 16.3. The molecule has 0 aliphatic heterocycles. The van der Waals surface area contributed by atoms with Gasteiger partial charge in [-0.25, -0.2) is 0 Å². The molecule has 1 atom stereocenters. The highest BCUT2D eigenvalue weighted by Crippen LogP contribution is 2.21. The summed E-state index contributed by atoms with van der Waals surface area (Å²) in [7, 11) is 4.19. The van der Waals surface area contributed by atoms with E-state index in [1.165, 1.54) is 0 Å². The zero-order chi connectivity index (χ0) is 13.8. The molecule has 104 valence electrons. The molecule has 0 amide bonds. The van der Waals surface area contributed by atoms with E-state index in [9.17, 15) is 0 Å². The van der Waals surface area contributed by atoms with Gasteiger partial charge in [0.25, 0.3) is 0 Å². The normalized spacial score (nSPS) is 14.2. The molecule has 1 heterocycles. The maximum Gasteiger partial charge on any atom is 0.118 e. The second-order valence-electron chi connectivity index (χ2n) is 6.25. The van der Waals surface area contributed by atoms with Gasteiger partial charge in [-0.3, -0.25) is 4.90 Å². The van der Waals surface area contributed by atoms with Crippen molar-refractivity contribution in [2.24, 2.45) is 5.41 Å². The summed E-state index contributed by atoms with van der Waals surface area (Å²) in [5, 5.41) is 3.42. The molecule has 0 bridgehead atoms. The molecular formula is C15H28N2O. The van der Waals surface area contributed by atoms with Gasteiger partial charge in [-0.05, 0) is 51.5 Å². The van der Waals surface area contributed by atoms with E-state index >= 15 is 0 Å². The van der Waals surface area contributed by atoms with E-state index in [-0.39, 0.29) is 0 Å². The fourth-order valence-corrected chi connectivity index (χ4v) is 2.28. The van der Waals surface area contributed by atoms with Crippen LogP contribution in [0.3, 0.4) is 0 Å². The van der Waals surface area contributed by atoms with E-state index < -0.39 is 0 Å². The number of hydrogen-bond donors (Lipinski definition) is 1. The van der Waals surface area contributed by atoms with Crippen molar-refractivity contribution in [3.05, 3.63) is 23.7 Å². The Kier molecular flexibility index (Phi) is 5.42. The lowest BCUT2D eigenvalue weighted by Gasteiger charge is -2.31. The summed E-state index contributed by atoms with van der Waals surface area (Å²) in [5.41, 5.74) is 0.302. The molecule has 0 saturated carbocycles. The molecule has 0 saturated heterocycles. The first kappa shape index (κ1) is 15.3. The Labute approximate surface area is 112 Å². The smallest absolute Gasteiger partial charge is 0.118 e. The molecule has 0 radical (unpaired) electrons. The average Bonchev–Trinajstić information content (AvgIpc) is 2.62. The predicted octanol–water partition coefficient (Wildman–Crippen LogP) is 3.04. The largest absolute Gasteiger partial charge is 0.465 e. The molecule has 1 rings (SSSR count). The highest BCUT2D eigenvalue weighted by Gasteiger charge is 2.22. The van der Waals surface area contributed by atoms with E-state index in [0.717, 1.165) is 31.0 Å². The molecule has 0 spiro atoms. The molecule has 0 fully saturated rings. The van der Waals surface area contributed by atoms with Gasteiger partial charge in [-0.2, -0.15) is 0 Å². The maximum absolute atomic E-state index is 5.60. The number of hydrogen-bond acceptors (Lipinski definition) is 3. The van der Waals surface area contributed by atoms with Gasteiger partial charge in [-0.15, -0.1) is 0 Å². The first-order chi connectivity index (χ1) is 8.32. The Hall–Kier alpha value is -0.800. The van der Waals surface area contributed by atoms with Crippen LogP contribution < -0.4 is 5.32 Å². The van der Waals surface area contributed by atoms with Gasteiger partial charge in [0.1, 0.15) is 11.5 Å². The summed E-state index contributed by atoms with van der Waals surface area (Å²) in [5.74, 6) is 2.04. The van der Waals surface area contributed by atoms with Crippen LogP contribution in [0.15, 0.2) is 16.5 Å². The van der Waals surface area contributed by atoms with E-state index in [1.807, 2.05) is 20.0 Å². The number of rotatable bonds is 6. The lowest BCUT2D eigenvalue weighted by molar-refractivity contribution is 0.219. The van der Waals surface area contributed by atoms with Gasteiger partial charge in [0, 0.05) is 6.04 Å². The molecule has 1 aromatic rings. The van der Waals surface area contributed by atoms with Crippen molar-refractivity contribution in [1.29, 1.82) is 0 Å². The Morgan fingerprint density at radius 1 is 1.33 bits per heavy atom. The first-order valence-corrected chi connectivity index (χ1v) is 6.74. The molecule has 0 aromatic carbocycles. The van der Waals surface area contributed by atoms with Crippen LogP contribution in [0.4, 0.5) is 0 Å². The van der Waals surface area contributed by atoms with Crippen LogP contribution in [0.5, 0.6) is 0 Å². The van der Waals surface area contributed by atoms with E-state index in [2.05, 4.69) is 44.1 Å². The van der Waals surface area contributed by atoms with E-state index in [1.54, 1.807) is 0 Å². The van der Waals surface area contributed by atoms with Crippen molar-refractivity contribution in [2.45, 2.75) is 46.7 Å². The molecule has 18 heavy (non-hydrogen) atoms. The Morgan fingerprint density at radius 3 is 2.44 bits per heavy atom. The van der Waals surface area contributed by atoms with Crippen molar-refractivity contribution >= 4 is 0 Å². The molecule has 1 aromatic heterocycles. The quantitative estimate of drug-likeness (QED) is 0.843. The third kappa shape index (κ3) is 4.83. The standard InChI is InChI=1S/C15H28N2O/c1-12-7-8-13(18-12)11-17(6)10-9-14(16-5)15(2,3)4/h7-8,14,16H,9-11H2,1-6H3. The molecule has 3 nitrogen and oxygen atoms in total. The molecule has 1 N–H and O–H groups in total. The van der Waals surface area contributed by atoms with Gasteiger partial charge in [0.05, 0.1) is 6.54 Å². The molecule has 3 heteroatoms. The summed E-state index contributed by atoms with van der Waals surface area (Å²) < 4.78 is 5.60. The van der Waals surface area contributed by atoms with Crippen molar-refractivity contribution in [3.63, 3.8) is 0 Å². The van der Waals surface area contributed by atoms with Crippen molar-refractivity contribution in [2.75, 3.05) is 20.6 Å². The molecule has 1 unspecified atom stereocenters. The second kappa shape index (κ2) is 6.39. The van der Waals surface area contributed by atoms with Gasteiger partial charge in [0.15, 0.2) is 0 Å². The first-order valence-electron chi connectivity index (χ1n) is 6.74. The van der Waals surface area contributed by atoms with Crippen LogP contribution in [0.25, 0.3) is 0 Å². The Balaban J connectivity index is 2.38. The topological polar surface area (TPSA) is 28.4 Å². The Bertz CT molecular complexity index is 352. The van der Waals surface area contributed by atoms with E-state index in [0.29, 0.717) is 11.5 Å². The zero-order valence-electron chi connectivity index (χ0n) is 12.7. The lowest BCUT2D eigenvalue weighted by Crippen LogP contribution is -2.40. The van der Waals surface area contributed by atoms with Crippen LogP contribution >= 0.6 is 0 Å². The number of aryl methyl sites for hydroxylation is 1. The maximum atomic E-state index is 5.60. The zero-order valence-corrected chi connectivity index (χ0v) is 12.7. The monoisotopic (exact) mass is 252 g/mol. The minimum Gasteiger partial charge on any atom is -0.465 e. The van der Waals surface area contributed by atoms with Crippen molar-refractivity contribution < 1.29 is 4.42 Å². The van der Waals surface area contributed by atoms with Crippen LogP contribution in [-0.2, 0) is 6.54 Å². The lowest BCUT2D eigenvalue weighted by atomic mass is 9.85. The second-order valence-corrected chi connectivity index (χ2v) is 6.25. The van der Waals surface area contributed by atoms with Crippen LogP contribution in [0.1, 0.15) is 38.7 Å². The third-order valence-electron chi connectivity index (χ3n) is 3.42. The van der Waals surface area contributed by atoms with E-state index in [4.69, 9.17) is 4.42 Å². The van der Waals surface area contributed by atoms with Crippen LogP contribution in [-0.4, -0.2) is 31.6 Å². The van der Waals surface area contributed by atoms with Gasteiger partial charge < -0.3 is 9.73 Å². The summed E-state index contributed by atoms with van der Waals surface area (Å²) >= 11 is 0. The fraction of sp³-hybridized carbons (Fsp3) is 0.733. The number of nitrogens with zero attached hydrogens (tertiary/aromatic N) is 1. The predicted molar refractivity (Wildman–Crippen MR) is 76.7 cm³/mol. The van der Waals surface area contributed by atoms with Gasteiger partial charge >= 0.3 is 0 Å². The molecule has 0 aliphatic rings. The third-order valence-corrected chi connectivity index (χ3v) is 3.42. The Morgan fingerprint density at radius 2 is 2.00 bits per heavy atom. The van der Waals surface area contributed by atoms with Gasteiger partial charge in [0.2, 0.25) is 0 Å². The van der Waals surface area contributed by atoms with Gasteiger partial charge in [-0.1, -0.05) is 20.8 Å². The number of nitrogens with one attached hydrogen (secondary N) is 1. The van der Waals surface area contributed by atoms with Crippen molar-refractivity contribution in [3.8, 4) is 0 Å².